The Balaban J connectivity index is 1.72. The summed E-state index contributed by atoms with van der Waals surface area (Å²) < 4.78 is 57.7. The van der Waals surface area contributed by atoms with Gasteiger partial charge in [-0.2, -0.15) is 0 Å². The third-order valence-corrected chi connectivity index (χ3v) is 6.49. The van der Waals surface area contributed by atoms with Gasteiger partial charge in [0.15, 0.2) is 11.6 Å². The van der Waals surface area contributed by atoms with Gasteiger partial charge in [0.1, 0.15) is 11.8 Å². The molecule has 0 aliphatic carbocycles. The maximum atomic E-state index is 13.7. The summed E-state index contributed by atoms with van der Waals surface area (Å²) in [6.45, 7) is 3.42. The quantitative estimate of drug-likeness (QED) is 0.672. The highest BCUT2D eigenvalue weighted by Gasteiger charge is 2.33. The zero-order valence-corrected chi connectivity index (χ0v) is 18.4. The Hall–Kier alpha value is -2.88. The third kappa shape index (κ3) is 5.07. The number of sulfonamides is 1. The van der Waals surface area contributed by atoms with E-state index in [0.717, 1.165) is 40.2 Å². The maximum absolute atomic E-state index is 13.7. The van der Waals surface area contributed by atoms with Crippen LogP contribution in [0.1, 0.15) is 6.92 Å². The molecule has 2 aromatic carbocycles. The fraction of sp³-hybridized carbons (Fsp3) is 0.381. The lowest BCUT2D eigenvalue weighted by atomic mass is 10.2. The van der Waals surface area contributed by atoms with Crippen molar-refractivity contribution in [3.63, 3.8) is 0 Å². The molecule has 0 unspecified atom stereocenters. The summed E-state index contributed by atoms with van der Waals surface area (Å²) in [5, 5.41) is 0. The SMILES string of the molecule is COc1ccc(N2CCN(C(=O)[C@H](C)N(c3ccc(F)c(F)c3)S(C)(=O)=O)CC2)cc1. The van der Waals surface area contributed by atoms with Gasteiger partial charge in [-0.15, -0.1) is 0 Å². The van der Waals surface area contributed by atoms with Crippen LogP contribution in [-0.4, -0.2) is 64.8 Å². The smallest absolute Gasteiger partial charge is 0.246 e. The van der Waals surface area contributed by atoms with Gasteiger partial charge in [-0.25, -0.2) is 17.2 Å². The Kier molecular flexibility index (Phi) is 6.68. The van der Waals surface area contributed by atoms with Crippen LogP contribution in [0, 0.1) is 11.6 Å². The predicted octanol–water partition coefficient (Wildman–Crippen LogP) is 2.48. The Morgan fingerprint density at radius 3 is 2.16 bits per heavy atom. The molecule has 31 heavy (non-hydrogen) atoms. The number of rotatable bonds is 6. The molecule has 1 amide bonds. The number of benzene rings is 2. The zero-order valence-electron chi connectivity index (χ0n) is 17.6. The molecule has 2 aromatic rings. The first-order valence-electron chi connectivity index (χ1n) is 9.74. The van der Waals surface area contributed by atoms with Crippen LogP contribution in [0.4, 0.5) is 20.2 Å². The van der Waals surface area contributed by atoms with Crippen LogP contribution in [0.5, 0.6) is 5.75 Å². The van der Waals surface area contributed by atoms with Gasteiger partial charge >= 0.3 is 0 Å². The van der Waals surface area contributed by atoms with Crippen molar-refractivity contribution >= 4 is 27.3 Å². The first-order chi connectivity index (χ1) is 14.6. The molecule has 168 valence electrons. The average molecular weight is 454 g/mol. The Bertz CT molecular complexity index is 1040. The van der Waals surface area contributed by atoms with E-state index < -0.39 is 33.6 Å². The molecule has 1 saturated heterocycles. The monoisotopic (exact) mass is 453 g/mol. The second kappa shape index (κ2) is 9.09. The van der Waals surface area contributed by atoms with E-state index in [4.69, 9.17) is 4.74 Å². The molecule has 0 N–H and O–H groups in total. The summed E-state index contributed by atoms with van der Waals surface area (Å²) in [4.78, 5) is 16.8. The topological polar surface area (TPSA) is 70.2 Å². The van der Waals surface area contributed by atoms with E-state index in [1.165, 1.54) is 6.92 Å². The number of amides is 1. The number of anilines is 2. The molecule has 1 aliphatic heterocycles. The summed E-state index contributed by atoms with van der Waals surface area (Å²) in [6.07, 6.45) is 0.930. The minimum Gasteiger partial charge on any atom is -0.497 e. The van der Waals surface area contributed by atoms with E-state index in [0.29, 0.717) is 26.2 Å². The molecule has 0 spiro atoms. The average Bonchev–Trinajstić information content (AvgIpc) is 2.75. The standard InChI is InChI=1S/C21H25F2N3O4S/c1-15(26(31(3,28)29)17-6-9-19(22)20(23)14-17)21(27)25-12-10-24(11-13-25)16-4-7-18(30-2)8-5-16/h4-9,14-15H,10-13H2,1-3H3/t15-/m0/s1. The summed E-state index contributed by atoms with van der Waals surface area (Å²) in [6, 6.07) is 9.26. The Morgan fingerprint density at radius 1 is 1.03 bits per heavy atom. The molecular formula is C21H25F2N3O4S. The van der Waals surface area contributed by atoms with Crippen LogP contribution in [0.2, 0.25) is 0 Å². The molecule has 0 bridgehead atoms. The van der Waals surface area contributed by atoms with Crippen molar-refractivity contribution in [1.82, 2.24) is 4.90 Å². The van der Waals surface area contributed by atoms with Crippen LogP contribution >= 0.6 is 0 Å². The van der Waals surface area contributed by atoms with Crippen LogP contribution in [0.25, 0.3) is 0 Å². The number of ether oxygens (including phenoxy) is 1. The highest BCUT2D eigenvalue weighted by atomic mass is 32.2. The van der Waals surface area contributed by atoms with Crippen LogP contribution in [0.15, 0.2) is 42.5 Å². The highest BCUT2D eigenvalue weighted by Crippen LogP contribution is 2.25. The van der Waals surface area contributed by atoms with Crippen molar-refractivity contribution in [2.24, 2.45) is 0 Å². The molecule has 0 radical (unpaired) electrons. The van der Waals surface area contributed by atoms with Crippen molar-refractivity contribution in [2.45, 2.75) is 13.0 Å². The second-order valence-electron chi connectivity index (χ2n) is 7.34. The van der Waals surface area contributed by atoms with Crippen molar-refractivity contribution in [1.29, 1.82) is 0 Å². The molecule has 7 nitrogen and oxygen atoms in total. The summed E-state index contributed by atoms with van der Waals surface area (Å²) in [5.41, 5.74) is 0.902. The van der Waals surface area contributed by atoms with E-state index in [-0.39, 0.29) is 5.69 Å². The number of methoxy groups -OCH3 is 1. The minimum atomic E-state index is -3.92. The number of halogens is 2. The minimum absolute atomic E-state index is 0.0980. The summed E-state index contributed by atoms with van der Waals surface area (Å²) in [7, 11) is -2.32. The molecular weight excluding hydrogens is 428 g/mol. The van der Waals surface area contributed by atoms with E-state index in [2.05, 4.69) is 4.90 Å². The Labute approximate surface area is 180 Å². The Morgan fingerprint density at radius 2 is 1.65 bits per heavy atom. The molecule has 1 aliphatic rings. The second-order valence-corrected chi connectivity index (χ2v) is 9.20. The van der Waals surface area contributed by atoms with Gasteiger partial charge in [-0.1, -0.05) is 0 Å². The maximum Gasteiger partial charge on any atom is 0.246 e. The molecule has 1 fully saturated rings. The third-order valence-electron chi connectivity index (χ3n) is 5.25. The fourth-order valence-electron chi connectivity index (χ4n) is 3.67. The van der Waals surface area contributed by atoms with Crippen LogP contribution in [-0.2, 0) is 14.8 Å². The van der Waals surface area contributed by atoms with Gasteiger partial charge in [0.25, 0.3) is 0 Å². The number of hydrogen-bond donors (Lipinski definition) is 0. The van der Waals surface area contributed by atoms with Gasteiger partial charge < -0.3 is 14.5 Å². The lowest BCUT2D eigenvalue weighted by Crippen LogP contribution is -2.55. The van der Waals surface area contributed by atoms with Crippen molar-refractivity contribution < 1.29 is 26.7 Å². The molecule has 10 heteroatoms. The summed E-state index contributed by atoms with van der Waals surface area (Å²) >= 11 is 0. The van der Waals surface area contributed by atoms with Crippen LogP contribution < -0.4 is 13.9 Å². The van der Waals surface area contributed by atoms with E-state index >= 15 is 0 Å². The zero-order chi connectivity index (χ0) is 22.8. The largest absolute Gasteiger partial charge is 0.497 e. The van der Waals surface area contributed by atoms with Crippen LogP contribution in [0.3, 0.4) is 0 Å². The lowest BCUT2D eigenvalue weighted by Gasteiger charge is -2.39. The highest BCUT2D eigenvalue weighted by molar-refractivity contribution is 7.92. The van der Waals surface area contributed by atoms with Crippen molar-refractivity contribution in [2.75, 3.05) is 48.7 Å². The lowest BCUT2D eigenvalue weighted by molar-refractivity contribution is -0.132. The molecule has 0 aromatic heterocycles. The van der Waals surface area contributed by atoms with E-state index in [1.54, 1.807) is 12.0 Å². The first kappa shape index (κ1) is 22.8. The van der Waals surface area contributed by atoms with Crippen molar-refractivity contribution in [3.05, 3.63) is 54.1 Å². The first-order valence-corrected chi connectivity index (χ1v) is 11.6. The summed E-state index contributed by atoms with van der Waals surface area (Å²) in [5.74, 6) is -1.92. The van der Waals surface area contributed by atoms with Gasteiger partial charge in [0.05, 0.1) is 19.1 Å². The molecule has 1 heterocycles. The molecule has 1 atom stereocenters. The van der Waals surface area contributed by atoms with E-state index in [9.17, 15) is 22.0 Å². The van der Waals surface area contributed by atoms with Crippen molar-refractivity contribution in [3.8, 4) is 5.75 Å². The van der Waals surface area contributed by atoms with Gasteiger partial charge in [0, 0.05) is 37.9 Å². The normalized spacial score (nSPS) is 15.5. The number of hydrogen-bond acceptors (Lipinski definition) is 5. The van der Waals surface area contributed by atoms with E-state index in [1.807, 2.05) is 24.3 Å². The number of piperazine rings is 1. The number of nitrogens with zero attached hydrogens (tertiary/aromatic N) is 3. The van der Waals surface area contributed by atoms with Gasteiger partial charge in [-0.05, 0) is 43.3 Å². The molecule has 0 saturated carbocycles. The molecule has 3 rings (SSSR count). The van der Waals surface area contributed by atoms with Gasteiger partial charge in [-0.3, -0.25) is 9.10 Å². The number of carbonyl (C=O) groups excluding carboxylic acids is 1. The predicted molar refractivity (Wildman–Crippen MR) is 115 cm³/mol. The fourth-order valence-corrected chi connectivity index (χ4v) is 4.83. The van der Waals surface area contributed by atoms with Gasteiger partial charge in [0.2, 0.25) is 15.9 Å². The number of carbonyl (C=O) groups is 1.